The first-order valence-corrected chi connectivity index (χ1v) is 9.43. The maximum absolute atomic E-state index is 5.48. The van der Waals surface area contributed by atoms with Crippen LogP contribution in [-0.2, 0) is 11.2 Å². The van der Waals surface area contributed by atoms with Gasteiger partial charge in [-0.15, -0.1) is 0 Å². The monoisotopic (exact) mass is 360 g/mol. The largest absolute Gasteiger partial charge is 0.378 e. The lowest BCUT2D eigenvalue weighted by atomic mass is 10.1. The van der Waals surface area contributed by atoms with Gasteiger partial charge in [-0.3, -0.25) is 0 Å². The molecule has 1 aliphatic heterocycles. The number of benzene rings is 2. The summed E-state index contributed by atoms with van der Waals surface area (Å²) in [6.45, 7) is 4.02. The van der Waals surface area contributed by atoms with Crippen molar-refractivity contribution in [2.75, 3.05) is 43.1 Å². The Hall–Kier alpha value is -2.92. The average Bonchev–Trinajstić information content (AvgIpc) is 2.76. The van der Waals surface area contributed by atoms with Gasteiger partial charge in [-0.2, -0.15) is 0 Å². The van der Waals surface area contributed by atoms with E-state index in [0.29, 0.717) is 0 Å². The zero-order chi connectivity index (χ0) is 18.3. The maximum Gasteiger partial charge on any atom is 0.163 e. The van der Waals surface area contributed by atoms with Gasteiger partial charge in [0.05, 0.1) is 13.2 Å². The number of nitrogens with one attached hydrogen (secondary N) is 1. The summed E-state index contributed by atoms with van der Waals surface area (Å²) >= 11 is 0. The highest BCUT2D eigenvalue weighted by Crippen LogP contribution is 2.23. The predicted molar refractivity (Wildman–Crippen MR) is 109 cm³/mol. The van der Waals surface area contributed by atoms with Crippen molar-refractivity contribution < 1.29 is 4.74 Å². The van der Waals surface area contributed by atoms with Crippen molar-refractivity contribution >= 4 is 11.6 Å². The maximum atomic E-state index is 5.48. The van der Waals surface area contributed by atoms with Crippen LogP contribution in [0.25, 0.3) is 11.4 Å². The van der Waals surface area contributed by atoms with Gasteiger partial charge in [0.15, 0.2) is 5.82 Å². The third-order valence-electron chi connectivity index (χ3n) is 4.64. The average molecular weight is 360 g/mol. The van der Waals surface area contributed by atoms with Crippen LogP contribution in [0.4, 0.5) is 11.6 Å². The molecule has 3 aromatic rings. The van der Waals surface area contributed by atoms with Crippen molar-refractivity contribution in [1.29, 1.82) is 0 Å². The van der Waals surface area contributed by atoms with Crippen LogP contribution in [0.15, 0.2) is 66.7 Å². The number of hydrogen-bond acceptors (Lipinski definition) is 5. The molecule has 0 unspecified atom stereocenters. The highest BCUT2D eigenvalue weighted by atomic mass is 16.5. The van der Waals surface area contributed by atoms with Gasteiger partial charge < -0.3 is 15.0 Å². The van der Waals surface area contributed by atoms with Crippen LogP contribution < -0.4 is 10.2 Å². The lowest BCUT2D eigenvalue weighted by Crippen LogP contribution is -2.36. The van der Waals surface area contributed by atoms with Crippen LogP contribution in [0.5, 0.6) is 0 Å². The molecule has 0 spiro atoms. The Morgan fingerprint density at radius 2 is 1.59 bits per heavy atom. The van der Waals surface area contributed by atoms with Gasteiger partial charge in [-0.25, -0.2) is 9.97 Å². The molecule has 2 aromatic carbocycles. The first-order valence-electron chi connectivity index (χ1n) is 9.43. The number of aromatic nitrogens is 2. The zero-order valence-electron chi connectivity index (χ0n) is 15.3. The molecule has 1 aromatic heterocycles. The molecule has 138 valence electrons. The zero-order valence-corrected chi connectivity index (χ0v) is 15.3. The number of ether oxygens (including phenoxy) is 1. The van der Waals surface area contributed by atoms with E-state index in [1.165, 1.54) is 5.56 Å². The lowest BCUT2D eigenvalue weighted by molar-refractivity contribution is 0.122. The van der Waals surface area contributed by atoms with Gasteiger partial charge in [0.1, 0.15) is 11.6 Å². The fourth-order valence-corrected chi connectivity index (χ4v) is 3.18. The molecule has 1 fully saturated rings. The molecule has 0 bridgehead atoms. The van der Waals surface area contributed by atoms with E-state index in [-0.39, 0.29) is 0 Å². The molecular weight excluding hydrogens is 336 g/mol. The minimum absolute atomic E-state index is 0.738. The van der Waals surface area contributed by atoms with E-state index >= 15 is 0 Å². The number of hydrogen-bond donors (Lipinski definition) is 1. The van der Waals surface area contributed by atoms with Gasteiger partial charge in [0.25, 0.3) is 0 Å². The van der Waals surface area contributed by atoms with Crippen LogP contribution in [0, 0.1) is 0 Å². The van der Waals surface area contributed by atoms with Crippen molar-refractivity contribution in [3.63, 3.8) is 0 Å². The van der Waals surface area contributed by atoms with Crippen LogP contribution >= 0.6 is 0 Å². The normalized spacial score (nSPS) is 14.1. The summed E-state index contributed by atoms with van der Waals surface area (Å²) in [5.41, 5.74) is 2.34. The molecule has 1 N–H and O–H groups in total. The molecule has 4 rings (SSSR count). The minimum atomic E-state index is 0.738. The Balaban J connectivity index is 1.55. The Bertz CT molecular complexity index is 849. The summed E-state index contributed by atoms with van der Waals surface area (Å²) in [6, 6.07) is 22.7. The fourth-order valence-electron chi connectivity index (χ4n) is 3.18. The second-order valence-corrected chi connectivity index (χ2v) is 6.56. The predicted octanol–water partition coefficient (Wildman–Crippen LogP) is 3.63. The molecule has 27 heavy (non-hydrogen) atoms. The van der Waals surface area contributed by atoms with Crippen LogP contribution in [0.2, 0.25) is 0 Å². The van der Waals surface area contributed by atoms with Gasteiger partial charge in [0.2, 0.25) is 0 Å². The summed E-state index contributed by atoms with van der Waals surface area (Å²) < 4.78 is 5.48. The third-order valence-corrected chi connectivity index (χ3v) is 4.64. The number of rotatable bonds is 6. The van der Waals surface area contributed by atoms with Crippen molar-refractivity contribution in [2.24, 2.45) is 0 Å². The van der Waals surface area contributed by atoms with E-state index in [1.54, 1.807) is 0 Å². The van der Waals surface area contributed by atoms with Crippen molar-refractivity contribution in [1.82, 2.24) is 9.97 Å². The summed E-state index contributed by atoms with van der Waals surface area (Å²) in [5.74, 6) is 2.57. The molecular formula is C22H24N4O. The Morgan fingerprint density at radius 1 is 0.889 bits per heavy atom. The molecule has 2 heterocycles. The van der Waals surface area contributed by atoms with Crippen LogP contribution in [-0.4, -0.2) is 42.8 Å². The fraction of sp³-hybridized carbons (Fsp3) is 0.273. The second kappa shape index (κ2) is 8.64. The molecule has 5 heteroatoms. The number of nitrogens with zero attached hydrogens (tertiary/aromatic N) is 3. The van der Waals surface area contributed by atoms with E-state index in [4.69, 9.17) is 14.7 Å². The summed E-state index contributed by atoms with van der Waals surface area (Å²) in [5, 5.41) is 3.47. The van der Waals surface area contributed by atoms with Gasteiger partial charge in [0, 0.05) is 31.3 Å². The molecule has 0 aliphatic carbocycles. The molecule has 0 atom stereocenters. The quantitative estimate of drug-likeness (QED) is 0.727. The third kappa shape index (κ3) is 4.63. The van der Waals surface area contributed by atoms with E-state index in [9.17, 15) is 0 Å². The van der Waals surface area contributed by atoms with Crippen molar-refractivity contribution in [3.8, 4) is 11.4 Å². The summed E-state index contributed by atoms with van der Waals surface area (Å²) in [4.78, 5) is 11.8. The molecule has 0 amide bonds. The van der Waals surface area contributed by atoms with E-state index < -0.39 is 0 Å². The van der Waals surface area contributed by atoms with Crippen molar-refractivity contribution in [2.45, 2.75) is 6.42 Å². The standard InChI is InChI=1S/C22H24N4O/c1-3-7-18(8-4-1)11-12-23-20-17-21(26-13-15-27-16-14-26)25-22(24-20)19-9-5-2-6-10-19/h1-10,17H,11-16H2,(H,23,24,25). The molecule has 0 radical (unpaired) electrons. The SMILES string of the molecule is c1ccc(CCNc2cc(N3CCOCC3)nc(-c3ccccc3)n2)cc1. The molecule has 1 saturated heterocycles. The molecule has 0 saturated carbocycles. The van der Waals surface area contributed by atoms with Gasteiger partial charge in [-0.1, -0.05) is 60.7 Å². The highest BCUT2D eigenvalue weighted by Gasteiger charge is 2.15. The number of morpholine rings is 1. The Labute approximate surface area is 160 Å². The Morgan fingerprint density at radius 3 is 2.33 bits per heavy atom. The number of anilines is 2. The highest BCUT2D eigenvalue weighted by molar-refractivity contribution is 5.61. The minimum Gasteiger partial charge on any atom is -0.378 e. The molecule has 5 nitrogen and oxygen atoms in total. The molecule has 1 aliphatic rings. The van der Waals surface area contributed by atoms with Gasteiger partial charge >= 0.3 is 0 Å². The van der Waals surface area contributed by atoms with E-state index in [0.717, 1.165) is 62.3 Å². The van der Waals surface area contributed by atoms with E-state index in [1.807, 2.05) is 42.5 Å². The summed E-state index contributed by atoms with van der Waals surface area (Å²) in [6.07, 6.45) is 0.957. The van der Waals surface area contributed by atoms with Crippen LogP contribution in [0.1, 0.15) is 5.56 Å². The van der Waals surface area contributed by atoms with Gasteiger partial charge in [-0.05, 0) is 12.0 Å². The second-order valence-electron chi connectivity index (χ2n) is 6.56. The lowest BCUT2D eigenvalue weighted by Gasteiger charge is -2.28. The van der Waals surface area contributed by atoms with Crippen LogP contribution in [0.3, 0.4) is 0 Å². The summed E-state index contributed by atoms with van der Waals surface area (Å²) in [7, 11) is 0. The first kappa shape index (κ1) is 17.5. The first-order chi connectivity index (χ1) is 13.4. The topological polar surface area (TPSA) is 50.3 Å². The Kier molecular flexibility index (Phi) is 5.60. The van der Waals surface area contributed by atoms with E-state index in [2.05, 4.69) is 34.5 Å². The van der Waals surface area contributed by atoms with Crippen molar-refractivity contribution in [3.05, 3.63) is 72.3 Å². The smallest absolute Gasteiger partial charge is 0.163 e.